The number of unbranched alkanes of at least 4 members (excludes halogenated alkanes) is 15. The van der Waals surface area contributed by atoms with Gasteiger partial charge >= 0.3 is 0 Å². The van der Waals surface area contributed by atoms with Crippen LogP contribution in [0.15, 0.2) is 30.8 Å². The average Bonchev–Trinajstić information content (AvgIpc) is 2.73. The lowest BCUT2D eigenvalue weighted by atomic mass is 10.0. The third-order valence-corrected chi connectivity index (χ3v) is 5.67. The Hall–Kier alpha value is -1.08. The van der Waals surface area contributed by atoms with Crippen LogP contribution in [0.4, 0.5) is 0 Å². The molecular weight excluding hydrogens is 340 g/mol. The van der Waals surface area contributed by atoms with Gasteiger partial charge in [-0.1, -0.05) is 140 Å². The highest BCUT2D eigenvalue weighted by Gasteiger charge is 1.98. The van der Waals surface area contributed by atoms with Crippen LogP contribution in [0, 0.1) is 0 Å². The highest BCUT2D eigenvalue weighted by molar-refractivity contribution is 5.51. The molecule has 0 aliphatic rings. The molecule has 0 aliphatic carbocycles. The summed E-state index contributed by atoms with van der Waals surface area (Å²) in [5.74, 6) is 0. The Morgan fingerprint density at radius 2 is 1.14 bits per heavy atom. The maximum absolute atomic E-state index is 5.83. The number of benzene rings is 1. The Labute approximate surface area is 176 Å². The topological polar surface area (TPSA) is 9.23 Å². The van der Waals surface area contributed by atoms with E-state index in [0.717, 1.165) is 6.61 Å². The molecule has 0 bridgehead atoms. The monoisotopic (exact) mass is 386 g/mol. The van der Waals surface area contributed by atoms with E-state index in [1.807, 2.05) is 6.08 Å². The van der Waals surface area contributed by atoms with Crippen LogP contribution >= 0.6 is 0 Å². The lowest BCUT2D eigenvalue weighted by Crippen LogP contribution is -1.97. The third kappa shape index (κ3) is 14.0. The van der Waals surface area contributed by atoms with E-state index < -0.39 is 0 Å². The first kappa shape index (κ1) is 25.0. The van der Waals surface area contributed by atoms with E-state index in [0.29, 0.717) is 6.61 Å². The van der Waals surface area contributed by atoms with Crippen molar-refractivity contribution in [3.63, 3.8) is 0 Å². The number of rotatable bonds is 20. The molecule has 0 saturated heterocycles. The van der Waals surface area contributed by atoms with Crippen molar-refractivity contribution in [1.29, 1.82) is 0 Å². The molecule has 0 spiro atoms. The van der Waals surface area contributed by atoms with Gasteiger partial charge in [-0.05, 0) is 17.5 Å². The molecule has 0 atom stereocenters. The summed E-state index contributed by atoms with van der Waals surface area (Å²) < 4.78 is 5.83. The van der Waals surface area contributed by atoms with Crippen molar-refractivity contribution in [1.82, 2.24) is 0 Å². The van der Waals surface area contributed by atoms with Crippen molar-refractivity contribution in [2.45, 2.75) is 116 Å². The zero-order chi connectivity index (χ0) is 20.1. The summed E-state index contributed by atoms with van der Waals surface area (Å²) in [6, 6.07) is 8.35. The molecule has 0 unspecified atom stereocenters. The quantitative estimate of drug-likeness (QED) is 0.203. The largest absolute Gasteiger partial charge is 0.377 e. The van der Waals surface area contributed by atoms with Crippen LogP contribution in [-0.4, -0.2) is 6.61 Å². The third-order valence-electron chi connectivity index (χ3n) is 5.67. The first-order valence-electron chi connectivity index (χ1n) is 12.2. The minimum Gasteiger partial charge on any atom is -0.377 e. The molecule has 0 radical (unpaired) electrons. The van der Waals surface area contributed by atoms with Crippen LogP contribution in [0.1, 0.15) is 121 Å². The number of hydrogen-bond donors (Lipinski definition) is 0. The number of ether oxygens (including phenoxy) is 1. The summed E-state index contributed by atoms with van der Waals surface area (Å²) in [5, 5.41) is 0. The maximum atomic E-state index is 5.83. The molecule has 0 aliphatic heterocycles. The van der Waals surface area contributed by atoms with Gasteiger partial charge < -0.3 is 4.74 Å². The zero-order valence-electron chi connectivity index (χ0n) is 18.7. The van der Waals surface area contributed by atoms with Crippen molar-refractivity contribution < 1.29 is 4.74 Å². The van der Waals surface area contributed by atoms with E-state index in [4.69, 9.17) is 4.74 Å². The number of hydrogen-bond acceptors (Lipinski definition) is 1. The van der Waals surface area contributed by atoms with Crippen LogP contribution in [0.25, 0.3) is 6.08 Å². The van der Waals surface area contributed by atoms with Gasteiger partial charge in [-0.2, -0.15) is 0 Å². The second-order valence-electron chi connectivity index (χ2n) is 8.26. The highest BCUT2D eigenvalue weighted by Crippen LogP contribution is 2.14. The molecule has 28 heavy (non-hydrogen) atoms. The van der Waals surface area contributed by atoms with Gasteiger partial charge in [-0.15, -0.1) is 0 Å². The Balaban J connectivity index is 1.77. The van der Waals surface area contributed by atoms with Crippen molar-refractivity contribution in [2.24, 2.45) is 0 Å². The lowest BCUT2D eigenvalue weighted by molar-refractivity contribution is 0.116. The van der Waals surface area contributed by atoms with Gasteiger partial charge in [0.1, 0.15) is 0 Å². The molecule has 0 heterocycles. The van der Waals surface area contributed by atoms with Crippen LogP contribution < -0.4 is 0 Å². The minimum absolute atomic E-state index is 0.709. The maximum Gasteiger partial charge on any atom is 0.0722 e. The molecule has 160 valence electrons. The molecule has 1 heteroatoms. The zero-order valence-corrected chi connectivity index (χ0v) is 18.7. The Morgan fingerprint density at radius 1 is 0.679 bits per heavy atom. The molecular formula is C27H46O. The van der Waals surface area contributed by atoms with E-state index in [-0.39, 0.29) is 0 Å². The predicted molar refractivity (Wildman–Crippen MR) is 126 cm³/mol. The Morgan fingerprint density at radius 3 is 1.64 bits per heavy atom. The van der Waals surface area contributed by atoms with E-state index in [2.05, 4.69) is 37.8 Å². The molecule has 1 rings (SSSR count). The SMILES string of the molecule is C=Cc1ccccc1COCCCCCCCCCCCCCCCCCC. The van der Waals surface area contributed by atoms with Gasteiger partial charge in [0.05, 0.1) is 6.61 Å². The average molecular weight is 387 g/mol. The van der Waals surface area contributed by atoms with Crippen molar-refractivity contribution in [2.75, 3.05) is 6.61 Å². The van der Waals surface area contributed by atoms with Gasteiger partial charge in [0, 0.05) is 6.61 Å². The highest BCUT2D eigenvalue weighted by atomic mass is 16.5. The van der Waals surface area contributed by atoms with E-state index in [1.165, 1.54) is 114 Å². The Kier molecular flexibility index (Phi) is 17.2. The lowest BCUT2D eigenvalue weighted by Gasteiger charge is -2.07. The van der Waals surface area contributed by atoms with Crippen molar-refractivity contribution >= 4 is 6.08 Å². The molecule has 0 saturated carbocycles. The Bertz CT molecular complexity index is 465. The standard InChI is InChI=1S/C27H46O/c1-3-5-6-7-8-9-10-11-12-13-14-15-16-17-18-21-24-28-25-27-23-20-19-22-26(27)4-2/h4,19-20,22-23H,2-3,5-18,21,24-25H2,1H3. The fourth-order valence-electron chi connectivity index (χ4n) is 3.80. The molecule has 1 nitrogen and oxygen atoms in total. The summed E-state index contributed by atoms with van der Waals surface area (Å²) in [6.45, 7) is 7.75. The second kappa shape index (κ2) is 19.2. The first-order chi connectivity index (χ1) is 13.9. The minimum atomic E-state index is 0.709. The molecule has 1 aromatic rings. The predicted octanol–water partition coefficient (Wildman–Crippen LogP) is 9.11. The summed E-state index contributed by atoms with van der Waals surface area (Å²) in [4.78, 5) is 0. The fourth-order valence-corrected chi connectivity index (χ4v) is 3.80. The molecule has 0 aromatic heterocycles. The summed E-state index contributed by atoms with van der Waals surface area (Å²) >= 11 is 0. The van der Waals surface area contributed by atoms with Gasteiger partial charge in [-0.25, -0.2) is 0 Å². The second-order valence-corrected chi connectivity index (χ2v) is 8.26. The molecule has 0 N–H and O–H groups in total. The van der Waals surface area contributed by atoms with Crippen LogP contribution in [0.2, 0.25) is 0 Å². The van der Waals surface area contributed by atoms with Crippen LogP contribution in [-0.2, 0) is 11.3 Å². The van der Waals surface area contributed by atoms with Crippen molar-refractivity contribution in [3.05, 3.63) is 42.0 Å². The fraction of sp³-hybridized carbons (Fsp3) is 0.704. The van der Waals surface area contributed by atoms with Crippen molar-refractivity contribution in [3.8, 4) is 0 Å². The van der Waals surface area contributed by atoms with Gasteiger partial charge in [0.15, 0.2) is 0 Å². The molecule has 0 fully saturated rings. The van der Waals surface area contributed by atoms with Gasteiger partial charge in [-0.3, -0.25) is 0 Å². The van der Waals surface area contributed by atoms with E-state index in [1.54, 1.807) is 0 Å². The van der Waals surface area contributed by atoms with Crippen LogP contribution in [0.3, 0.4) is 0 Å². The van der Waals surface area contributed by atoms with Gasteiger partial charge in [0.2, 0.25) is 0 Å². The summed E-state index contributed by atoms with van der Waals surface area (Å²) in [6.07, 6.45) is 24.5. The summed E-state index contributed by atoms with van der Waals surface area (Å²) in [5.41, 5.74) is 2.43. The van der Waals surface area contributed by atoms with E-state index >= 15 is 0 Å². The molecule has 0 amide bonds. The van der Waals surface area contributed by atoms with Crippen LogP contribution in [0.5, 0.6) is 0 Å². The normalized spacial score (nSPS) is 11.0. The first-order valence-corrected chi connectivity index (χ1v) is 12.2. The van der Waals surface area contributed by atoms with Gasteiger partial charge in [0.25, 0.3) is 0 Å². The van der Waals surface area contributed by atoms with E-state index in [9.17, 15) is 0 Å². The smallest absolute Gasteiger partial charge is 0.0722 e. The molecule has 1 aromatic carbocycles. The summed E-state index contributed by atoms with van der Waals surface area (Å²) in [7, 11) is 0.